The maximum Gasteiger partial charge on any atom is 0.420 e. The first-order valence-electron chi connectivity index (χ1n) is 11.5. The number of carboxylic acid groups (broad SMARTS) is 1. The predicted octanol–water partition coefficient (Wildman–Crippen LogP) is 4.03. The number of fused-ring (bicyclic) bond motifs is 1. The van der Waals surface area contributed by atoms with Crippen LogP contribution in [0.2, 0.25) is 0 Å². The Morgan fingerprint density at radius 3 is 2.60 bits per heavy atom. The number of nitrogens with one attached hydrogen (secondary N) is 2. The molecule has 9 nitrogen and oxygen atoms in total. The Morgan fingerprint density at radius 1 is 1.14 bits per heavy atom. The number of piperidine rings is 1. The number of hydrogen-bond acceptors (Lipinski definition) is 7. The van der Waals surface area contributed by atoms with Crippen LogP contribution in [0.4, 0.5) is 19.1 Å². The number of nitrogens with two attached hydrogens (primary N) is 1. The van der Waals surface area contributed by atoms with Gasteiger partial charge >= 0.3 is 6.18 Å². The van der Waals surface area contributed by atoms with Crippen LogP contribution in [0.25, 0.3) is 22.3 Å². The van der Waals surface area contributed by atoms with Crippen LogP contribution >= 0.6 is 0 Å². The third-order valence-corrected chi connectivity index (χ3v) is 6.25. The highest BCUT2D eigenvalue weighted by atomic mass is 19.4. The number of pyridine rings is 1. The molecule has 188 valence electrons. The zero-order valence-corrected chi connectivity index (χ0v) is 18.9. The Kier molecular flexibility index (Phi) is 7.51. The molecule has 2 saturated heterocycles. The lowest BCUT2D eigenvalue weighted by Crippen LogP contribution is -2.31. The maximum atomic E-state index is 14.3. The van der Waals surface area contributed by atoms with Gasteiger partial charge in [0, 0.05) is 36.2 Å². The summed E-state index contributed by atoms with van der Waals surface area (Å²) in [5, 5.41) is 10.6. The van der Waals surface area contributed by atoms with Crippen molar-refractivity contribution in [2.75, 3.05) is 25.4 Å². The van der Waals surface area contributed by atoms with E-state index in [1.54, 1.807) is 6.07 Å². The minimum atomic E-state index is -4.62. The average Bonchev–Trinajstić information content (AvgIpc) is 3.27. The van der Waals surface area contributed by atoms with E-state index in [0.717, 1.165) is 37.9 Å². The van der Waals surface area contributed by atoms with Crippen molar-refractivity contribution in [3.63, 3.8) is 0 Å². The number of nitrogens with zero attached hydrogens (tertiary/aromatic N) is 3. The number of aromatic nitrogens is 4. The van der Waals surface area contributed by atoms with Gasteiger partial charge in [-0.25, -0.2) is 15.0 Å². The minimum absolute atomic E-state index is 0.0401. The van der Waals surface area contributed by atoms with Gasteiger partial charge in [0.05, 0.1) is 23.2 Å². The van der Waals surface area contributed by atoms with Gasteiger partial charge in [-0.3, -0.25) is 4.79 Å². The molecular weight excluding hydrogens is 465 g/mol. The molecule has 0 spiro atoms. The molecule has 2 aliphatic rings. The highest BCUT2D eigenvalue weighted by Gasteiger charge is 2.41. The van der Waals surface area contributed by atoms with Crippen LogP contribution in [-0.2, 0) is 15.7 Å². The van der Waals surface area contributed by atoms with Crippen molar-refractivity contribution >= 4 is 23.5 Å². The van der Waals surface area contributed by atoms with E-state index in [0.29, 0.717) is 36.2 Å². The summed E-state index contributed by atoms with van der Waals surface area (Å²) in [6.45, 7) is 1.65. The van der Waals surface area contributed by atoms with E-state index in [1.807, 2.05) is 6.07 Å². The Hall–Kier alpha value is -3.25. The van der Waals surface area contributed by atoms with E-state index in [-0.39, 0.29) is 35.8 Å². The number of nitrogen functional groups attached to an aromatic ring is 1. The molecule has 0 aliphatic carbocycles. The van der Waals surface area contributed by atoms with Crippen molar-refractivity contribution in [1.82, 2.24) is 25.3 Å². The molecule has 5 N–H and O–H groups in total. The van der Waals surface area contributed by atoms with Gasteiger partial charge in [0.15, 0.2) is 0 Å². The maximum absolute atomic E-state index is 14.3. The second kappa shape index (κ2) is 10.6. The van der Waals surface area contributed by atoms with Crippen LogP contribution in [0.3, 0.4) is 0 Å². The summed E-state index contributed by atoms with van der Waals surface area (Å²) in [5.41, 5.74) is 6.42. The van der Waals surface area contributed by atoms with Crippen LogP contribution in [0.5, 0.6) is 0 Å². The topological polar surface area (TPSA) is 139 Å². The van der Waals surface area contributed by atoms with Gasteiger partial charge in [0.1, 0.15) is 11.2 Å². The Bertz CT molecular complexity index is 1170. The minimum Gasteiger partial charge on any atom is -0.483 e. The molecule has 3 aromatic rings. The molecule has 3 aromatic heterocycles. The number of alkyl halides is 3. The zero-order chi connectivity index (χ0) is 25.0. The molecular formula is C23H27F3N6O3. The lowest BCUT2D eigenvalue weighted by Gasteiger charge is -2.26. The Morgan fingerprint density at radius 2 is 1.94 bits per heavy atom. The van der Waals surface area contributed by atoms with Gasteiger partial charge in [-0.15, -0.1) is 0 Å². The SMILES string of the molecule is Nc1nc(-c2c[nH]c3nc(C4CCCCO4)ccc23)c(C(F)(F)F)c([C@H]2CCCNC2)n1.O=CO. The lowest BCUT2D eigenvalue weighted by molar-refractivity contribution is -0.138. The normalized spacial score (nSPS) is 20.8. The third-order valence-electron chi connectivity index (χ3n) is 6.25. The Labute approximate surface area is 199 Å². The molecule has 2 atom stereocenters. The van der Waals surface area contributed by atoms with Gasteiger partial charge in [-0.1, -0.05) is 0 Å². The first kappa shape index (κ1) is 24.9. The summed E-state index contributed by atoms with van der Waals surface area (Å²) in [4.78, 5) is 24.1. The summed E-state index contributed by atoms with van der Waals surface area (Å²) in [6.07, 6.45) is 1.17. The number of H-pyrrole nitrogens is 1. The van der Waals surface area contributed by atoms with E-state index in [1.165, 1.54) is 6.20 Å². The van der Waals surface area contributed by atoms with Gasteiger partial charge < -0.3 is 25.9 Å². The van der Waals surface area contributed by atoms with E-state index in [9.17, 15) is 13.2 Å². The average molecular weight is 493 g/mol. The second-order valence-electron chi connectivity index (χ2n) is 8.53. The van der Waals surface area contributed by atoms with Crippen molar-refractivity contribution in [3.05, 3.63) is 35.3 Å². The number of hydrogen-bond donors (Lipinski definition) is 4. The van der Waals surface area contributed by atoms with Crippen LogP contribution in [0.15, 0.2) is 18.3 Å². The molecule has 35 heavy (non-hydrogen) atoms. The molecule has 0 aromatic carbocycles. The Balaban J connectivity index is 0.000000917. The highest BCUT2D eigenvalue weighted by Crippen LogP contribution is 2.43. The van der Waals surface area contributed by atoms with Crippen LogP contribution in [0.1, 0.15) is 61.1 Å². The molecule has 2 fully saturated rings. The van der Waals surface area contributed by atoms with Gasteiger partial charge in [-0.2, -0.15) is 13.2 Å². The summed E-state index contributed by atoms with van der Waals surface area (Å²) in [7, 11) is 0. The number of anilines is 1. The summed E-state index contributed by atoms with van der Waals surface area (Å²) < 4.78 is 48.7. The van der Waals surface area contributed by atoms with Crippen LogP contribution in [-0.4, -0.2) is 51.2 Å². The van der Waals surface area contributed by atoms with E-state index in [4.69, 9.17) is 20.4 Å². The summed E-state index contributed by atoms with van der Waals surface area (Å²) >= 11 is 0. The largest absolute Gasteiger partial charge is 0.483 e. The lowest BCUT2D eigenvalue weighted by atomic mass is 9.90. The fourth-order valence-electron chi connectivity index (χ4n) is 4.72. The van der Waals surface area contributed by atoms with E-state index in [2.05, 4.69) is 25.3 Å². The first-order valence-corrected chi connectivity index (χ1v) is 11.5. The number of aromatic amines is 1. The molecule has 12 heteroatoms. The number of halogens is 3. The standard InChI is InChI=1S/C22H25F3N6O.CH2O2/c23-22(24,25)17-18(12-4-3-8-27-10-12)30-21(26)31-19(17)14-11-28-20-13(14)6-7-15(29-20)16-5-1-2-9-32-16;2-1-3/h6-7,11-12,16,27H,1-5,8-10H2,(H,28,29)(H2,26,30,31);1H,(H,2,3)/t12-,16?;/m0./s1. The van der Waals surface area contributed by atoms with Crippen LogP contribution in [0, 0.1) is 0 Å². The molecule has 1 unspecified atom stereocenters. The molecule has 0 saturated carbocycles. The molecule has 5 heterocycles. The summed E-state index contributed by atoms with van der Waals surface area (Å²) in [5.74, 6) is -0.536. The highest BCUT2D eigenvalue weighted by molar-refractivity contribution is 5.93. The van der Waals surface area contributed by atoms with Gasteiger partial charge in [0.25, 0.3) is 6.47 Å². The first-order chi connectivity index (χ1) is 16.8. The molecule has 0 amide bonds. The van der Waals surface area contributed by atoms with Gasteiger partial charge in [0.2, 0.25) is 5.95 Å². The van der Waals surface area contributed by atoms with Crippen molar-refractivity contribution < 1.29 is 27.8 Å². The zero-order valence-electron chi connectivity index (χ0n) is 18.9. The number of carbonyl (C=O) groups is 1. The van der Waals surface area contributed by atoms with Crippen LogP contribution < -0.4 is 11.1 Å². The molecule has 0 bridgehead atoms. The fourth-order valence-corrected chi connectivity index (χ4v) is 4.72. The molecule has 0 radical (unpaired) electrons. The smallest absolute Gasteiger partial charge is 0.420 e. The van der Waals surface area contributed by atoms with Crippen molar-refractivity contribution in [2.24, 2.45) is 0 Å². The van der Waals surface area contributed by atoms with E-state index < -0.39 is 11.7 Å². The fraction of sp³-hybridized carbons (Fsp3) is 0.478. The molecule has 2 aliphatic heterocycles. The van der Waals surface area contributed by atoms with Gasteiger partial charge in [-0.05, 0) is 50.8 Å². The predicted molar refractivity (Wildman–Crippen MR) is 123 cm³/mol. The monoisotopic (exact) mass is 492 g/mol. The number of ether oxygens (including phenoxy) is 1. The quantitative estimate of drug-likeness (QED) is 0.402. The summed E-state index contributed by atoms with van der Waals surface area (Å²) in [6, 6.07) is 3.60. The van der Waals surface area contributed by atoms with Crippen molar-refractivity contribution in [2.45, 2.75) is 50.3 Å². The second-order valence-corrected chi connectivity index (χ2v) is 8.53. The van der Waals surface area contributed by atoms with E-state index >= 15 is 0 Å². The third kappa shape index (κ3) is 5.38. The molecule has 5 rings (SSSR count). The van der Waals surface area contributed by atoms with Crippen molar-refractivity contribution in [1.29, 1.82) is 0 Å². The number of rotatable bonds is 3. The van der Waals surface area contributed by atoms with Crippen molar-refractivity contribution in [3.8, 4) is 11.3 Å².